The SMILES string of the molecule is O.O.O.O.O.O.O=[N+]([O-])O.O=[N+]([O-])[O-].[Li+].[MgH2]. The van der Waals surface area contributed by atoms with Gasteiger partial charge in [-0.05, 0) is 0 Å². The third-order valence-corrected chi connectivity index (χ3v) is 0. The Bertz CT molecular complexity index is 77.0. The van der Waals surface area contributed by atoms with Gasteiger partial charge in [-0.15, -0.1) is 10.1 Å². The van der Waals surface area contributed by atoms with Crippen molar-refractivity contribution >= 4 is 23.1 Å². The van der Waals surface area contributed by atoms with Gasteiger partial charge >= 0.3 is 41.9 Å². The van der Waals surface area contributed by atoms with Crippen molar-refractivity contribution in [1.29, 1.82) is 0 Å². The molecule has 0 aromatic heterocycles. The van der Waals surface area contributed by atoms with Gasteiger partial charge in [0.05, 0.1) is 5.09 Å². The summed E-state index contributed by atoms with van der Waals surface area (Å²) in [6.07, 6.45) is 0. The average Bonchev–Trinajstić information content (AvgIpc) is 1.25. The first kappa shape index (κ1) is 107. The van der Waals surface area contributed by atoms with Crippen LogP contribution in [0.15, 0.2) is 0 Å². The first-order chi connectivity index (χ1) is 3.46. The molecule has 0 spiro atoms. The molecule has 16 heteroatoms. The van der Waals surface area contributed by atoms with Gasteiger partial charge in [0.25, 0.3) is 5.09 Å². The molecule has 14 nitrogen and oxygen atoms in total. The van der Waals surface area contributed by atoms with Crippen LogP contribution in [0.3, 0.4) is 0 Å². The Balaban J connectivity index is -0.00000000375. The van der Waals surface area contributed by atoms with Crippen LogP contribution in [-0.2, 0) is 0 Å². The van der Waals surface area contributed by atoms with Gasteiger partial charge < -0.3 is 53.4 Å². The molecule has 100 valence electrons. The van der Waals surface area contributed by atoms with E-state index in [4.69, 9.17) is 30.6 Å². The number of rotatable bonds is 0. The quantitative estimate of drug-likeness (QED) is 0.251. The molecule has 0 fully saturated rings. The van der Waals surface area contributed by atoms with Crippen LogP contribution < -0.4 is 18.9 Å². The summed E-state index contributed by atoms with van der Waals surface area (Å²) < 4.78 is 0. The molecule has 0 saturated heterocycles. The van der Waals surface area contributed by atoms with Gasteiger partial charge in [0.2, 0.25) is 0 Å². The molecule has 0 bridgehead atoms. The van der Waals surface area contributed by atoms with Gasteiger partial charge in [-0.3, -0.25) is 0 Å². The second-order valence-electron chi connectivity index (χ2n) is 0.461. The fourth-order valence-corrected chi connectivity index (χ4v) is 0. The molecule has 0 aliphatic heterocycles. The average molecular weight is 266 g/mol. The molecule has 0 heterocycles. The molecule has 0 aromatic rings. The Morgan fingerprint density at radius 1 is 0.750 bits per heavy atom. The molecule has 0 atom stereocenters. The van der Waals surface area contributed by atoms with E-state index in [-0.39, 0.29) is 74.8 Å². The Kier molecular flexibility index (Phi) is 584. The van der Waals surface area contributed by atoms with Crippen molar-refractivity contribution in [3.8, 4) is 0 Å². The van der Waals surface area contributed by atoms with E-state index < -0.39 is 10.2 Å². The summed E-state index contributed by atoms with van der Waals surface area (Å²) in [6.45, 7) is 0. The summed E-state index contributed by atoms with van der Waals surface area (Å²) in [5.41, 5.74) is 0. The maximum atomic E-state index is 8.36. The van der Waals surface area contributed by atoms with Crippen molar-refractivity contribution in [3.05, 3.63) is 25.4 Å². The van der Waals surface area contributed by atoms with Gasteiger partial charge in [0.1, 0.15) is 0 Å². The molecule has 0 radical (unpaired) electrons. The molecule has 0 unspecified atom stereocenters. The first-order valence-corrected chi connectivity index (χ1v) is 1.11. The minimum Gasteiger partial charge on any atom is -0.412 e. The smallest absolute Gasteiger partial charge is 0.412 e. The minimum atomic E-state index is -1.75. The van der Waals surface area contributed by atoms with Crippen LogP contribution in [0.25, 0.3) is 0 Å². The summed E-state index contributed by atoms with van der Waals surface area (Å²) in [7, 11) is 0. The molecule has 16 heavy (non-hydrogen) atoms. The number of nitrogens with zero attached hydrogens (tertiary/aromatic N) is 2. The molecule has 0 aromatic carbocycles. The molecular weight excluding hydrogens is 251 g/mol. The van der Waals surface area contributed by atoms with E-state index in [0.29, 0.717) is 0 Å². The summed E-state index contributed by atoms with van der Waals surface area (Å²) in [6, 6.07) is 0. The summed E-state index contributed by atoms with van der Waals surface area (Å²) in [5.74, 6) is 0. The van der Waals surface area contributed by atoms with Crippen LogP contribution in [0, 0.1) is 25.4 Å². The maximum absolute atomic E-state index is 8.36. The van der Waals surface area contributed by atoms with E-state index in [1.54, 1.807) is 0 Å². The van der Waals surface area contributed by atoms with E-state index in [1.807, 2.05) is 0 Å². The fourth-order valence-electron chi connectivity index (χ4n) is 0. The molecule has 0 saturated carbocycles. The van der Waals surface area contributed by atoms with E-state index in [1.165, 1.54) is 0 Å². The van der Waals surface area contributed by atoms with Gasteiger partial charge in [-0.1, -0.05) is 0 Å². The van der Waals surface area contributed by atoms with Crippen molar-refractivity contribution in [2.75, 3.05) is 0 Å². The van der Waals surface area contributed by atoms with Gasteiger partial charge in [-0.2, -0.15) is 0 Å². The van der Waals surface area contributed by atoms with Crippen LogP contribution in [-0.4, -0.2) is 71.3 Å². The van der Waals surface area contributed by atoms with Gasteiger partial charge in [0, 0.05) is 0 Å². The van der Waals surface area contributed by atoms with E-state index >= 15 is 0 Å². The third kappa shape index (κ3) is 9350. The first-order valence-electron chi connectivity index (χ1n) is 1.11. The minimum absolute atomic E-state index is 0. The van der Waals surface area contributed by atoms with Crippen molar-refractivity contribution < 1.29 is 67.1 Å². The van der Waals surface area contributed by atoms with E-state index in [9.17, 15) is 0 Å². The topological polar surface area (TPSA) is 319 Å². The summed E-state index contributed by atoms with van der Waals surface area (Å²) in [4.78, 5) is 16.6. The largest absolute Gasteiger partial charge is 1.00 e. The second-order valence-corrected chi connectivity index (χ2v) is 0.461. The van der Waals surface area contributed by atoms with Gasteiger partial charge in [0.15, 0.2) is 0 Å². The fraction of sp³-hybridized carbons (Fsp3) is 0. The van der Waals surface area contributed by atoms with Crippen LogP contribution in [0.2, 0.25) is 0 Å². The Morgan fingerprint density at radius 3 is 0.750 bits per heavy atom. The van der Waals surface area contributed by atoms with Gasteiger partial charge in [-0.25, -0.2) is 0 Å². The molecular formula is H15LiMgN2O12. The zero-order chi connectivity index (χ0) is 7.15. The molecule has 0 rings (SSSR count). The Labute approximate surface area is 116 Å². The molecule has 0 aliphatic rings. The standard InChI is InChI=1S/Li.Mg.HNO3.NO3.6H2O.2H/c;;2*2-1(3)4;;;;;;;;/h;;(H,2,3,4);;6*1H2;;/q+1;;;-1;;;;;;;;. The van der Waals surface area contributed by atoms with Crippen LogP contribution in [0.5, 0.6) is 0 Å². The molecule has 13 N–H and O–H groups in total. The number of hydrogen-bond acceptors (Lipinski definition) is 5. The zero-order valence-corrected chi connectivity index (χ0v) is 7.38. The van der Waals surface area contributed by atoms with Crippen molar-refractivity contribution in [2.24, 2.45) is 0 Å². The maximum Gasteiger partial charge on any atom is 1.00 e. The second kappa shape index (κ2) is 87.1. The Morgan fingerprint density at radius 2 is 0.750 bits per heavy atom. The van der Waals surface area contributed by atoms with Crippen LogP contribution in [0.4, 0.5) is 0 Å². The molecule has 0 amide bonds. The summed E-state index contributed by atoms with van der Waals surface area (Å²) >= 11 is 0. The van der Waals surface area contributed by atoms with Crippen molar-refractivity contribution in [2.45, 2.75) is 0 Å². The van der Waals surface area contributed by atoms with Crippen molar-refractivity contribution in [1.82, 2.24) is 0 Å². The zero-order valence-electron chi connectivity index (χ0n) is 7.38. The van der Waals surface area contributed by atoms with Crippen LogP contribution in [0.1, 0.15) is 0 Å². The van der Waals surface area contributed by atoms with E-state index in [0.717, 1.165) is 0 Å². The predicted molar refractivity (Wildman–Crippen MR) is 49.4 cm³/mol. The van der Waals surface area contributed by atoms with E-state index in [2.05, 4.69) is 0 Å². The monoisotopic (exact) mass is 266 g/mol. The summed E-state index contributed by atoms with van der Waals surface area (Å²) in [5, 5.41) is 28.4. The predicted octanol–water partition coefficient (Wildman–Crippen LogP) is -9.45. The third-order valence-electron chi connectivity index (χ3n) is 0. The van der Waals surface area contributed by atoms with Crippen LogP contribution >= 0.6 is 0 Å². The Hall–Kier alpha value is -0.476. The normalized spacial score (nSPS) is 3.00. The van der Waals surface area contributed by atoms with Crippen molar-refractivity contribution in [3.63, 3.8) is 0 Å². The number of hydrogen-bond donors (Lipinski definition) is 1. The molecule has 0 aliphatic carbocycles.